The van der Waals surface area contributed by atoms with E-state index in [2.05, 4.69) is 37.9 Å². The van der Waals surface area contributed by atoms with Crippen LogP contribution in [0, 0.1) is 33.1 Å². The average molecular weight is 270 g/mol. The maximum atomic E-state index is 7.65. The normalized spacial score (nSPS) is 10.8. The zero-order valence-corrected chi connectivity index (χ0v) is 12.8. The van der Waals surface area contributed by atoms with Crippen LogP contribution in [0.2, 0.25) is 0 Å². The van der Waals surface area contributed by atoms with E-state index in [-0.39, 0.29) is 0 Å². The molecule has 1 aromatic heterocycles. The molecule has 0 aliphatic heterocycles. The van der Waals surface area contributed by atoms with Gasteiger partial charge in [-0.25, -0.2) is 0 Å². The molecule has 3 heteroatoms. The van der Waals surface area contributed by atoms with Crippen molar-refractivity contribution in [1.82, 2.24) is 4.98 Å². The van der Waals surface area contributed by atoms with Crippen LogP contribution in [0.15, 0.2) is 12.1 Å². The molecule has 2 aromatic rings. The van der Waals surface area contributed by atoms with Gasteiger partial charge in [-0.05, 0) is 49.9 Å². The van der Waals surface area contributed by atoms with Crippen LogP contribution in [-0.4, -0.2) is 18.3 Å². The van der Waals surface area contributed by atoms with Gasteiger partial charge >= 0.3 is 0 Å². The molecular weight excluding hydrogens is 248 g/mol. The lowest BCUT2D eigenvalue weighted by atomic mass is 9.92. The molecule has 0 amide bonds. The van der Waals surface area contributed by atoms with E-state index in [1.165, 1.54) is 28.5 Å². The van der Waals surface area contributed by atoms with Gasteiger partial charge in [-0.1, -0.05) is 12.1 Å². The van der Waals surface area contributed by atoms with Gasteiger partial charge in [0.1, 0.15) is 0 Å². The number of ether oxygens (including phenoxy) is 1. The van der Waals surface area contributed by atoms with Gasteiger partial charge in [0, 0.05) is 30.1 Å². The Kier molecular flexibility index (Phi) is 4.09. The Labute approximate surface area is 120 Å². The number of rotatable bonds is 4. The third-order valence-corrected chi connectivity index (χ3v) is 4.11. The molecule has 1 aromatic carbocycles. The Hall–Kier alpha value is -1.87. The molecule has 0 aliphatic rings. The molecule has 0 radical (unpaired) electrons. The average Bonchev–Trinajstić information content (AvgIpc) is 2.74. The van der Waals surface area contributed by atoms with Gasteiger partial charge in [0.2, 0.25) is 0 Å². The Bertz CT molecular complexity index is 653. The number of hydrogen-bond acceptors (Lipinski definition) is 2. The van der Waals surface area contributed by atoms with Crippen molar-refractivity contribution in [2.75, 3.05) is 7.11 Å². The summed E-state index contributed by atoms with van der Waals surface area (Å²) in [5.74, 6) is 0. The number of aromatic amines is 1. The van der Waals surface area contributed by atoms with E-state index in [0.29, 0.717) is 6.61 Å². The van der Waals surface area contributed by atoms with Crippen molar-refractivity contribution in [1.29, 1.82) is 5.41 Å². The highest BCUT2D eigenvalue weighted by atomic mass is 16.5. The summed E-state index contributed by atoms with van der Waals surface area (Å²) in [5.41, 5.74) is 9.20. The molecule has 0 saturated heterocycles. The molecule has 0 bridgehead atoms. The third-order valence-electron chi connectivity index (χ3n) is 4.11. The minimum absolute atomic E-state index is 0.553. The monoisotopic (exact) mass is 270 g/mol. The SMILES string of the molecule is COCc1c(C)[nH]c(C=N)c1-c1ccc(C)c(C)c1C. The lowest BCUT2D eigenvalue weighted by Gasteiger charge is -2.13. The summed E-state index contributed by atoms with van der Waals surface area (Å²) < 4.78 is 5.33. The summed E-state index contributed by atoms with van der Waals surface area (Å²) in [7, 11) is 1.70. The number of nitrogens with one attached hydrogen (secondary N) is 2. The maximum absolute atomic E-state index is 7.65. The number of methoxy groups -OCH3 is 1. The number of hydrogen-bond donors (Lipinski definition) is 2. The van der Waals surface area contributed by atoms with Crippen molar-refractivity contribution >= 4 is 6.21 Å². The fourth-order valence-corrected chi connectivity index (χ4v) is 2.66. The second-order valence-electron chi connectivity index (χ2n) is 5.27. The van der Waals surface area contributed by atoms with Gasteiger partial charge in [0.25, 0.3) is 0 Å². The summed E-state index contributed by atoms with van der Waals surface area (Å²) in [5, 5.41) is 7.65. The molecule has 0 atom stereocenters. The van der Waals surface area contributed by atoms with E-state index in [9.17, 15) is 0 Å². The zero-order valence-electron chi connectivity index (χ0n) is 12.8. The first-order valence-corrected chi connectivity index (χ1v) is 6.79. The Morgan fingerprint density at radius 2 is 1.85 bits per heavy atom. The highest BCUT2D eigenvalue weighted by Gasteiger charge is 2.18. The van der Waals surface area contributed by atoms with Crippen molar-refractivity contribution in [2.45, 2.75) is 34.3 Å². The lowest BCUT2D eigenvalue weighted by molar-refractivity contribution is 0.185. The number of benzene rings is 1. The summed E-state index contributed by atoms with van der Waals surface area (Å²) >= 11 is 0. The van der Waals surface area contributed by atoms with Gasteiger partial charge < -0.3 is 15.1 Å². The smallest absolute Gasteiger partial charge is 0.0736 e. The first-order chi connectivity index (χ1) is 9.51. The number of H-pyrrole nitrogens is 1. The van der Waals surface area contributed by atoms with Crippen LogP contribution in [0.5, 0.6) is 0 Å². The third kappa shape index (κ3) is 2.29. The number of aromatic nitrogens is 1. The minimum atomic E-state index is 0.553. The van der Waals surface area contributed by atoms with Crippen LogP contribution in [0.1, 0.15) is 33.6 Å². The first kappa shape index (κ1) is 14.5. The van der Waals surface area contributed by atoms with E-state index >= 15 is 0 Å². The van der Waals surface area contributed by atoms with Crippen LogP contribution in [-0.2, 0) is 11.3 Å². The molecule has 0 saturated carbocycles. The zero-order chi connectivity index (χ0) is 14.9. The molecule has 0 spiro atoms. The van der Waals surface area contributed by atoms with Gasteiger partial charge in [0.15, 0.2) is 0 Å². The highest BCUT2D eigenvalue weighted by Crippen LogP contribution is 2.34. The summed E-state index contributed by atoms with van der Waals surface area (Å²) in [6.45, 7) is 9.00. The molecule has 0 fully saturated rings. The fourth-order valence-electron chi connectivity index (χ4n) is 2.66. The van der Waals surface area contributed by atoms with Gasteiger partial charge in [-0.15, -0.1) is 0 Å². The van der Waals surface area contributed by atoms with Crippen LogP contribution in [0.3, 0.4) is 0 Å². The molecule has 0 unspecified atom stereocenters. The Morgan fingerprint density at radius 3 is 2.45 bits per heavy atom. The van der Waals surface area contributed by atoms with Crippen LogP contribution < -0.4 is 0 Å². The largest absolute Gasteiger partial charge is 0.380 e. The van der Waals surface area contributed by atoms with Crippen molar-refractivity contribution in [2.24, 2.45) is 0 Å². The predicted octanol–water partition coefficient (Wildman–Crippen LogP) is 4.06. The fraction of sp³-hybridized carbons (Fsp3) is 0.353. The number of aryl methyl sites for hydroxylation is 2. The van der Waals surface area contributed by atoms with E-state index < -0.39 is 0 Å². The molecule has 2 rings (SSSR count). The topological polar surface area (TPSA) is 48.9 Å². The van der Waals surface area contributed by atoms with E-state index in [1.807, 2.05) is 6.92 Å². The molecule has 1 heterocycles. The second kappa shape index (κ2) is 5.63. The van der Waals surface area contributed by atoms with Crippen LogP contribution >= 0.6 is 0 Å². The van der Waals surface area contributed by atoms with Crippen LogP contribution in [0.4, 0.5) is 0 Å². The van der Waals surface area contributed by atoms with Crippen molar-refractivity contribution in [3.8, 4) is 11.1 Å². The van der Waals surface area contributed by atoms with Gasteiger partial charge in [-0.2, -0.15) is 0 Å². The Morgan fingerprint density at radius 1 is 1.15 bits per heavy atom. The maximum Gasteiger partial charge on any atom is 0.0736 e. The standard InChI is InChI=1S/C17H22N2O/c1-10-6-7-14(12(3)11(10)2)17-15(9-20-5)13(4)19-16(17)8-18/h6-8,18-19H,9H2,1-5H3. The van der Waals surface area contributed by atoms with Crippen molar-refractivity contribution < 1.29 is 4.74 Å². The summed E-state index contributed by atoms with van der Waals surface area (Å²) in [4.78, 5) is 3.28. The molecule has 106 valence electrons. The van der Waals surface area contributed by atoms with E-state index in [1.54, 1.807) is 7.11 Å². The minimum Gasteiger partial charge on any atom is -0.380 e. The molecule has 0 aliphatic carbocycles. The predicted molar refractivity (Wildman–Crippen MR) is 83.8 cm³/mol. The first-order valence-electron chi connectivity index (χ1n) is 6.79. The van der Waals surface area contributed by atoms with Gasteiger partial charge in [-0.3, -0.25) is 0 Å². The highest BCUT2D eigenvalue weighted by molar-refractivity contribution is 5.90. The van der Waals surface area contributed by atoms with E-state index in [0.717, 1.165) is 22.5 Å². The Balaban J connectivity index is 2.74. The molecule has 3 nitrogen and oxygen atoms in total. The van der Waals surface area contributed by atoms with Crippen molar-refractivity contribution in [3.05, 3.63) is 45.8 Å². The van der Waals surface area contributed by atoms with E-state index in [4.69, 9.17) is 10.1 Å². The summed E-state index contributed by atoms with van der Waals surface area (Å²) in [6.07, 6.45) is 1.39. The molecule has 2 N–H and O–H groups in total. The molecule has 20 heavy (non-hydrogen) atoms. The quantitative estimate of drug-likeness (QED) is 0.809. The second-order valence-corrected chi connectivity index (χ2v) is 5.27. The molecular formula is C17H22N2O. The van der Waals surface area contributed by atoms with Crippen molar-refractivity contribution in [3.63, 3.8) is 0 Å². The summed E-state index contributed by atoms with van der Waals surface area (Å²) in [6, 6.07) is 4.29. The lowest BCUT2D eigenvalue weighted by Crippen LogP contribution is -1.96. The van der Waals surface area contributed by atoms with Crippen LogP contribution in [0.25, 0.3) is 11.1 Å². The van der Waals surface area contributed by atoms with Gasteiger partial charge in [0.05, 0.1) is 12.3 Å².